The van der Waals surface area contributed by atoms with E-state index in [1.54, 1.807) is 0 Å². The lowest BCUT2D eigenvalue weighted by Gasteiger charge is -2.02. The first kappa shape index (κ1) is 18.9. The Morgan fingerprint density at radius 3 is 2.00 bits per heavy atom. The van der Waals surface area contributed by atoms with E-state index >= 15 is 0 Å². The lowest BCUT2D eigenvalue weighted by Crippen LogP contribution is -2.00. The summed E-state index contributed by atoms with van der Waals surface area (Å²) in [6.07, 6.45) is 21.2. The van der Waals surface area contributed by atoms with Crippen molar-refractivity contribution in [2.75, 3.05) is 6.61 Å². The summed E-state index contributed by atoms with van der Waals surface area (Å²) in [5, 5.41) is 0. The lowest BCUT2D eigenvalue weighted by molar-refractivity contribution is -0.141. The molecule has 0 aliphatic carbocycles. The number of ether oxygens (including phenoxy) is 1. The summed E-state index contributed by atoms with van der Waals surface area (Å²) >= 11 is 0. The van der Waals surface area contributed by atoms with Crippen LogP contribution in [0.25, 0.3) is 0 Å². The van der Waals surface area contributed by atoms with Gasteiger partial charge in [0.15, 0.2) is 0 Å². The highest BCUT2D eigenvalue weighted by Crippen LogP contribution is 2.10. The highest BCUT2D eigenvalue weighted by molar-refractivity contribution is 5.65. The zero-order chi connectivity index (χ0) is 14.9. The summed E-state index contributed by atoms with van der Waals surface area (Å²) in [6.45, 7) is 4.21. The molecule has 0 saturated heterocycles. The molecule has 0 aromatic rings. The second kappa shape index (κ2) is 16.0. The molecule has 0 amide bonds. The summed E-state index contributed by atoms with van der Waals surface area (Å²) in [5.41, 5.74) is 0. The number of unbranched alkanes of at least 4 members (excludes halogenated alkanes) is 8. The van der Waals surface area contributed by atoms with Crippen molar-refractivity contribution in [1.82, 2.24) is 0 Å². The van der Waals surface area contributed by atoms with E-state index < -0.39 is 0 Å². The number of carbonyl (C=O) groups is 1. The molecule has 2 heteroatoms. The molecular weight excluding hydrogens is 248 g/mol. The topological polar surface area (TPSA) is 26.3 Å². The Morgan fingerprint density at radius 2 is 1.40 bits per heavy atom. The first-order valence-corrected chi connectivity index (χ1v) is 8.22. The minimum atomic E-state index is -0.163. The van der Waals surface area contributed by atoms with Crippen LogP contribution in [0, 0.1) is 0 Å². The van der Waals surface area contributed by atoms with Crippen LogP contribution >= 0.6 is 0 Å². The van der Waals surface area contributed by atoms with Crippen molar-refractivity contribution in [1.29, 1.82) is 0 Å². The van der Waals surface area contributed by atoms with Crippen molar-refractivity contribution >= 4 is 5.97 Å². The van der Waals surface area contributed by atoms with Crippen LogP contribution in [0.15, 0.2) is 24.3 Å². The average molecular weight is 280 g/mol. The summed E-state index contributed by atoms with van der Waals surface area (Å²) in [4.78, 5) is 10.5. The molecule has 0 spiro atoms. The Morgan fingerprint density at radius 1 is 0.850 bits per heavy atom. The molecule has 20 heavy (non-hydrogen) atoms. The van der Waals surface area contributed by atoms with Gasteiger partial charge in [-0.1, -0.05) is 69.8 Å². The van der Waals surface area contributed by atoms with Gasteiger partial charge in [0, 0.05) is 6.92 Å². The van der Waals surface area contributed by atoms with Crippen molar-refractivity contribution in [3.63, 3.8) is 0 Å². The van der Waals surface area contributed by atoms with E-state index in [2.05, 4.69) is 31.2 Å². The van der Waals surface area contributed by atoms with Crippen LogP contribution < -0.4 is 0 Å². The van der Waals surface area contributed by atoms with Crippen molar-refractivity contribution in [2.45, 2.75) is 78.1 Å². The maximum atomic E-state index is 10.5. The van der Waals surface area contributed by atoms with Gasteiger partial charge in [-0.05, 0) is 25.7 Å². The van der Waals surface area contributed by atoms with Gasteiger partial charge in [0.25, 0.3) is 0 Å². The van der Waals surface area contributed by atoms with Crippen molar-refractivity contribution in [3.05, 3.63) is 24.3 Å². The third-order valence-electron chi connectivity index (χ3n) is 3.19. The second-order valence-corrected chi connectivity index (χ2v) is 5.22. The molecule has 0 aliphatic rings. The van der Waals surface area contributed by atoms with Crippen molar-refractivity contribution in [3.8, 4) is 0 Å². The van der Waals surface area contributed by atoms with Crippen LogP contribution in [0.4, 0.5) is 0 Å². The Balaban J connectivity index is 3.08. The molecule has 0 fully saturated rings. The molecule has 0 saturated carbocycles. The number of allylic oxidation sites excluding steroid dienone is 4. The molecule has 0 aromatic carbocycles. The van der Waals surface area contributed by atoms with E-state index in [1.807, 2.05) is 0 Å². The van der Waals surface area contributed by atoms with Gasteiger partial charge in [-0.3, -0.25) is 4.79 Å². The quantitative estimate of drug-likeness (QED) is 0.250. The summed E-state index contributed by atoms with van der Waals surface area (Å²) in [5.74, 6) is -0.163. The predicted octanol–water partition coefficient (Wildman–Crippen LogP) is 5.58. The first-order chi connectivity index (χ1) is 9.77. The molecule has 0 atom stereocenters. The standard InChI is InChI=1S/C18H32O2/c1-3-4-5-6-7-8-9-10-11-12-13-14-15-16-17-20-18(2)19/h4-7H,3,8-17H2,1-2H3/b5-4+,7-6+. The highest BCUT2D eigenvalue weighted by atomic mass is 16.5. The van der Waals surface area contributed by atoms with E-state index in [1.165, 1.54) is 58.3 Å². The van der Waals surface area contributed by atoms with Gasteiger partial charge >= 0.3 is 5.97 Å². The largest absolute Gasteiger partial charge is 0.466 e. The van der Waals surface area contributed by atoms with E-state index in [4.69, 9.17) is 4.74 Å². The second-order valence-electron chi connectivity index (χ2n) is 5.22. The summed E-state index contributed by atoms with van der Waals surface area (Å²) in [6, 6.07) is 0. The minimum absolute atomic E-state index is 0.163. The van der Waals surface area contributed by atoms with E-state index in [9.17, 15) is 4.79 Å². The Labute approximate surface area is 125 Å². The monoisotopic (exact) mass is 280 g/mol. The molecule has 0 unspecified atom stereocenters. The smallest absolute Gasteiger partial charge is 0.302 e. The predicted molar refractivity (Wildman–Crippen MR) is 86.8 cm³/mol. The maximum Gasteiger partial charge on any atom is 0.302 e. The van der Waals surface area contributed by atoms with E-state index in [-0.39, 0.29) is 5.97 Å². The Hall–Kier alpha value is -1.05. The number of hydrogen-bond donors (Lipinski definition) is 0. The molecule has 0 aliphatic heterocycles. The fourth-order valence-electron chi connectivity index (χ4n) is 2.03. The molecule has 0 radical (unpaired) electrons. The molecule has 0 N–H and O–H groups in total. The van der Waals surface area contributed by atoms with Crippen LogP contribution in [0.1, 0.15) is 78.1 Å². The first-order valence-electron chi connectivity index (χ1n) is 8.22. The van der Waals surface area contributed by atoms with Crippen LogP contribution in [0.5, 0.6) is 0 Å². The van der Waals surface area contributed by atoms with Gasteiger partial charge in [-0.25, -0.2) is 0 Å². The average Bonchev–Trinajstić information content (AvgIpc) is 2.43. The third kappa shape index (κ3) is 16.9. The Kier molecular flexibility index (Phi) is 15.2. The number of esters is 1. The SMILES string of the molecule is CC/C=C/C=C/CCCCCCCCCCOC(C)=O. The molecule has 0 rings (SSSR count). The molecule has 116 valence electrons. The number of hydrogen-bond acceptors (Lipinski definition) is 2. The van der Waals surface area contributed by atoms with Crippen LogP contribution in [-0.4, -0.2) is 12.6 Å². The lowest BCUT2D eigenvalue weighted by atomic mass is 10.1. The fraction of sp³-hybridized carbons (Fsp3) is 0.722. The van der Waals surface area contributed by atoms with Gasteiger partial charge in [0.1, 0.15) is 0 Å². The van der Waals surface area contributed by atoms with E-state index in [0.29, 0.717) is 6.61 Å². The van der Waals surface area contributed by atoms with Gasteiger partial charge in [0.2, 0.25) is 0 Å². The zero-order valence-corrected chi connectivity index (χ0v) is 13.4. The molecule has 0 heterocycles. The molecule has 2 nitrogen and oxygen atoms in total. The summed E-state index contributed by atoms with van der Waals surface area (Å²) in [7, 11) is 0. The summed E-state index contributed by atoms with van der Waals surface area (Å²) < 4.78 is 4.90. The van der Waals surface area contributed by atoms with Gasteiger partial charge in [0.05, 0.1) is 6.61 Å². The number of rotatable bonds is 13. The molecule has 0 bridgehead atoms. The Bertz CT molecular complexity index is 267. The van der Waals surface area contributed by atoms with Crippen LogP contribution in [0.2, 0.25) is 0 Å². The van der Waals surface area contributed by atoms with E-state index in [0.717, 1.165) is 12.8 Å². The van der Waals surface area contributed by atoms with Gasteiger partial charge < -0.3 is 4.74 Å². The number of carbonyl (C=O) groups excluding carboxylic acids is 1. The fourth-order valence-corrected chi connectivity index (χ4v) is 2.03. The van der Waals surface area contributed by atoms with Crippen molar-refractivity contribution < 1.29 is 9.53 Å². The van der Waals surface area contributed by atoms with Crippen molar-refractivity contribution in [2.24, 2.45) is 0 Å². The minimum Gasteiger partial charge on any atom is -0.466 e. The normalized spacial score (nSPS) is 11.5. The van der Waals surface area contributed by atoms with Gasteiger partial charge in [-0.2, -0.15) is 0 Å². The van der Waals surface area contributed by atoms with Crippen LogP contribution in [-0.2, 0) is 9.53 Å². The molecular formula is C18H32O2. The highest BCUT2D eigenvalue weighted by Gasteiger charge is 1.94. The van der Waals surface area contributed by atoms with Crippen LogP contribution in [0.3, 0.4) is 0 Å². The van der Waals surface area contributed by atoms with Gasteiger partial charge in [-0.15, -0.1) is 0 Å². The maximum absolute atomic E-state index is 10.5. The zero-order valence-electron chi connectivity index (χ0n) is 13.4. The third-order valence-corrected chi connectivity index (χ3v) is 3.19. The molecule has 0 aromatic heterocycles.